The van der Waals surface area contributed by atoms with Gasteiger partial charge in [0.1, 0.15) is 0 Å². The van der Waals surface area contributed by atoms with Crippen LogP contribution in [0.15, 0.2) is 24.3 Å². The second-order valence-corrected chi connectivity index (χ2v) is 6.12. The van der Waals surface area contributed by atoms with Gasteiger partial charge < -0.3 is 20.9 Å². The van der Waals surface area contributed by atoms with Crippen LogP contribution in [0.4, 0.5) is 0 Å². The first-order chi connectivity index (χ1) is 11.1. The first kappa shape index (κ1) is 17.4. The van der Waals surface area contributed by atoms with Crippen LogP contribution in [0, 0.1) is 0 Å². The lowest BCUT2D eigenvalue weighted by Gasteiger charge is -2.12. The van der Waals surface area contributed by atoms with E-state index in [-0.39, 0.29) is 17.9 Å². The van der Waals surface area contributed by atoms with Crippen LogP contribution in [0.2, 0.25) is 0 Å². The van der Waals surface area contributed by atoms with Crippen molar-refractivity contribution in [2.24, 2.45) is 0 Å². The minimum atomic E-state index is -0.0717. The third-order valence-electron chi connectivity index (χ3n) is 3.90. The molecule has 0 spiro atoms. The van der Waals surface area contributed by atoms with Crippen LogP contribution in [-0.2, 0) is 11.3 Å². The van der Waals surface area contributed by atoms with Gasteiger partial charge in [-0.05, 0) is 51.2 Å². The van der Waals surface area contributed by atoms with Crippen molar-refractivity contribution in [3.63, 3.8) is 0 Å². The van der Waals surface area contributed by atoms with E-state index in [0.29, 0.717) is 18.7 Å². The van der Waals surface area contributed by atoms with Crippen molar-refractivity contribution in [3.8, 4) is 0 Å². The molecule has 126 valence electrons. The molecule has 1 fully saturated rings. The number of likely N-dealkylation sites (N-methyl/N-ethyl adjacent to an activating group) is 1. The number of amides is 2. The van der Waals surface area contributed by atoms with Gasteiger partial charge in [-0.25, -0.2) is 0 Å². The molecule has 0 saturated carbocycles. The summed E-state index contributed by atoms with van der Waals surface area (Å²) in [7, 11) is 3.94. The van der Waals surface area contributed by atoms with Crippen LogP contribution in [0.5, 0.6) is 0 Å². The summed E-state index contributed by atoms with van der Waals surface area (Å²) >= 11 is 0. The molecule has 0 radical (unpaired) electrons. The molecule has 23 heavy (non-hydrogen) atoms. The zero-order chi connectivity index (χ0) is 16.7. The minimum absolute atomic E-state index is 0.0491. The van der Waals surface area contributed by atoms with Crippen molar-refractivity contribution in [2.75, 3.05) is 33.7 Å². The van der Waals surface area contributed by atoms with Crippen LogP contribution < -0.4 is 16.0 Å². The molecule has 2 amide bonds. The van der Waals surface area contributed by atoms with Gasteiger partial charge in [-0.3, -0.25) is 9.59 Å². The van der Waals surface area contributed by atoms with E-state index in [1.165, 1.54) is 0 Å². The number of nitrogens with one attached hydrogen (secondary N) is 3. The first-order valence-corrected chi connectivity index (χ1v) is 8.09. The zero-order valence-electron chi connectivity index (χ0n) is 13.9. The number of rotatable bonds is 7. The van der Waals surface area contributed by atoms with Crippen molar-refractivity contribution < 1.29 is 9.59 Å². The number of hydrogen-bond donors (Lipinski definition) is 3. The second kappa shape index (κ2) is 8.64. The van der Waals surface area contributed by atoms with Crippen LogP contribution in [-0.4, -0.2) is 56.5 Å². The Kier molecular flexibility index (Phi) is 6.55. The summed E-state index contributed by atoms with van der Waals surface area (Å²) in [6.45, 7) is 2.83. The van der Waals surface area contributed by atoms with Crippen molar-refractivity contribution in [3.05, 3.63) is 35.4 Å². The Morgan fingerprint density at radius 3 is 2.57 bits per heavy atom. The summed E-state index contributed by atoms with van der Waals surface area (Å²) in [5.41, 5.74) is 1.62. The number of nitrogens with zero attached hydrogens (tertiary/aromatic N) is 1. The maximum absolute atomic E-state index is 12.0. The van der Waals surface area contributed by atoms with E-state index < -0.39 is 0 Å². The highest BCUT2D eigenvalue weighted by molar-refractivity contribution is 5.94. The van der Waals surface area contributed by atoms with Crippen LogP contribution >= 0.6 is 0 Å². The molecule has 6 nitrogen and oxygen atoms in total. The maximum Gasteiger partial charge on any atom is 0.251 e. The maximum atomic E-state index is 12.0. The van der Waals surface area contributed by atoms with E-state index in [1.54, 1.807) is 12.1 Å². The molecule has 1 aromatic carbocycles. The lowest BCUT2D eigenvalue weighted by atomic mass is 10.1. The minimum Gasteiger partial charge on any atom is -0.351 e. The van der Waals surface area contributed by atoms with Gasteiger partial charge >= 0.3 is 0 Å². The summed E-state index contributed by atoms with van der Waals surface area (Å²) in [5, 5.41) is 8.98. The Hall–Kier alpha value is -1.92. The van der Waals surface area contributed by atoms with Crippen molar-refractivity contribution in [1.82, 2.24) is 20.9 Å². The van der Waals surface area contributed by atoms with Gasteiger partial charge in [0.2, 0.25) is 5.91 Å². The molecule has 1 heterocycles. The third kappa shape index (κ3) is 5.65. The molecule has 0 aromatic heterocycles. The smallest absolute Gasteiger partial charge is 0.251 e. The van der Waals surface area contributed by atoms with Gasteiger partial charge in [0, 0.05) is 25.2 Å². The molecule has 1 aliphatic rings. The van der Waals surface area contributed by atoms with E-state index in [4.69, 9.17) is 0 Å². The highest BCUT2D eigenvalue weighted by atomic mass is 16.2. The lowest BCUT2D eigenvalue weighted by molar-refractivity contribution is -0.122. The highest BCUT2D eigenvalue weighted by Gasteiger charge is 2.21. The summed E-state index contributed by atoms with van der Waals surface area (Å²) in [6, 6.07) is 7.28. The van der Waals surface area contributed by atoms with Gasteiger partial charge in [-0.2, -0.15) is 0 Å². The Morgan fingerprint density at radius 1 is 1.22 bits per heavy atom. The van der Waals surface area contributed by atoms with Gasteiger partial charge in [-0.15, -0.1) is 0 Å². The Bertz CT molecular complexity index is 522. The first-order valence-electron chi connectivity index (χ1n) is 8.09. The Labute approximate surface area is 137 Å². The van der Waals surface area contributed by atoms with E-state index in [2.05, 4.69) is 16.0 Å². The average molecular weight is 318 g/mol. The topological polar surface area (TPSA) is 73.5 Å². The van der Waals surface area contributed by atoms with Gasteiger partial charge in [-0.1, -0.05) is 12.1 Å². The number of benzene rings is 1. The highest BCUT2D eigenvalue weighted by Crippen LogP contribution is 2.07. The predicted octanol–water partition coefficient (Wildman–Crippen LogP) is 0.346. The quantitative estimate of drug-likeness (QED) is 0.678. The van der Waals surface area contributed by atoms with Gasteiger partial charge in [0.25, 0.3) is 5.91 Å². The van der Waals surface area contributed by atoms with Crippen molar-refractivity contribution in [1.29, 1.82) is 0 Å². The Balaban J connectivity index is 1.77. The van der Waals surface area contributed by atoms with E-state index >= 15 is 0 Å². The zero-order valence-corrected chi connectivity index (χ0v) is 13.9. The van der Waals surface area contributed by atoms with E-state index in [9.17, 15) is 9.59 Å². The molecule has 0 aliphatic carbocycles. The second-order valence-electron chi connectivity index (χ2n) is 6.12. The number of carbonyl (C=O) groups excluding carboxylic acids is 2. The van der Waals surface area contributed by atoms with Gasteiger partial charge in [0.05, 0.1) is 6.04 Å². The molecule has 2 rings (SSSR count). The molecule has 0 bridgehead atoms. The van der Waals surface area contributed by atoms with Crippen LogP contribution in [0.3, 0.4) is 0 Å². The fraction of sp³-hybridized carbons (Fsp3) is 0.529. The van der Waals surface area contributed by atoms with Crippen molar-refractivity contribution in [2.45, 2.75) is 25.4 Å². The summed E-state index contributed by atoms with van der Waals surface area (Å²) in [5.74, 6) is -0.0226. The molecule has 6 heteroatoms. The normalized spacial score (nSPS) is 17.3. The largest absolute Gasteiger partial charge is 0.351 e. The van der Waals surface area contributed by atoms with Crippen molar-refractivity contribution >= 4 is 11.8 Å². The number of carbonyl (C=O) groups is 2. The molecular formula is C17H26N4O2. The SMILES string of the molecule is CN(C)CCNC(=O)c1ccc(CNC(=O)C2CCCN2)cc1. The fourth-order valence-electron chi connectivity index (χ4n) is 2.49. The summed E-state index contributed by atoms with van der Waals surface area (Å²) in [6.07, 6.45) is 1.95. The monoisotopic (exact) mass is 318 g/mol. The molecule has 1 aliphatic heterocycles. The predicted molar refractivity (Wildman–Crippen MR) is 90.2 cm³/mol. The Morgan fingerprint density at radius 2 is 1.96 bits per heavy atom. The van der Waals surface area contributed by atoms with E-state index in [1.807, 2.05) is 31.1 Å². The molecular weight excluding hydrogens is 292 g/mol. The van der Waals surface area contributed by atoms with E-state index in [0.717, 1.165) is 31.5 Å². The number of hydrogen-bond acceptors (Lipinski definition) is 4. The molecule has 3 N–H and O–H groups in total. The average Bonchev–Trinajstić information content (AvgIpc) is 3.07. The lowest BCUT2D eigenvalue weighted by Crippen LogP contribution is -2.40. The molecule has 1 atom stereocenters. The summed E-state index contributed by atoms with van der Waals surface area (Å²) in [4.78, 5) is 25.9. The van der Waals surface area contributed by atoms with Crippen LogP contribution in [0.25, 0.3) is 0 Å². The third-order valence-corrected chi connectivity index (χ3v) is 3.90. The molecule has 1 aromatic rings. The van der Waals surface area contributed by atoms with Gasteiger partial charge in [0.15, 0.2) is 0 Å². The summed E-state index contributed by atoms with van der Waals surface area (Å²) < 4.78 is 0. The van der Waals surface area contributed by atoms with Crippen LogP contribution in [0.1, 0.15) is 28.8 Å². The fourth-order valence-corrected chi connectivity index (χ4v) is 2.49. The molecule has 1 unspecified atom stereocenters. The molecule has 1 saturated heterocycles. The standard InChI is InChI=1S/C17H26N4O2/c1-21(2)11-10-19-16(22)14-7-5-13(6-8-14)12-20-17(23)15-4-3-9-18-15/h5-8,15,18H,3-4,9-12H2,1-2H3,(H,19,22)(H,20,23).